The summed E-state index contributed by atoms with van der Waals surface area (Å²) in [4.78, 5) is 6.99. The number of hydrogen-bond donors (Lipinski definition) is 1. The van der Waals surface area contributed by atoms with E-state index in [1.54, 1.807) is 0 Å². The predicted octanol–water partition coefficient (Wildman–Crippen LogP) is 2.22. The lowest BCUT2D eigenvalue weighted by Crippen LogP contribution is -2.38. The van der Waals surface area contributed by atoms with Crippen molar-refractivity contribution >= 4 is 0 Å². The molecule has 4 rings (SSSR count). The van der Waals surface area contributed by atoms with Gasteiger partial charge in [0.15, 0.2) is 5.82 Å². The van der Waals surface area contributed by atoms with E-state index in [4.69, 9.17) is 10.3 Å². The van der Waals surface area contributed by atoms with Gasteiger partial charge in [-0.3, -0.25) is 4.90 Å². The summed E-state index contributed by atoms with van der Waals surface area (Å²) in [6.45, 7) is 2.94. The molecule has 5 nitrogen and oxygen atoms in total. The number of aromatic nitrogens is 2. The van der Waals surface area contributed by atoms with Crippen molar-refractivity contribution in [3.05, 3.63) is 47.6 Å². The van der Waals surface area contributed by atoms with E-state index in [9.17, 15) is 0 Å². The molecule has 1 aromatic carbocycles. The van der Waals surface area contributed by atoms with Gasteiger partial charge >= 0.3 is 0 Å². The number of likely N-dealkylation sites (tertiary alicyclic amines) is 1. The molecule has 2 aromatic rings. The van der Waals surface area contributed by atoms with Crippen LogP contribution >= 0.6 is 0 Å². The van der Waals surface area contributed by atoms with E-state index in [1.807, 2.05) is 18.2 Å². The lowest BCUT2D eigenvalue weighted by molar-refractivity contribution is 0.252. The van der Waals surface area contributed by atoms with Gasteiger partial charge in [0.1, 0.15) is 0 Å². The van der Waals surface area contributed by atoms with E-state index in [0.717, 1.165) is 43.7 Å². The van der Waals surface area contributed by atoms with Crippen LogP contribution in [0.2, 0.25) is 0 Å². The summed E-state index contributed by atoms with van der Waals surface area (Å²) in [6, 6.07) is 10.6. The van der Waals surface area contributed by atoms with Crippen molar-refractivity contribution in [1.29, 1.82) is 0 Å². The number of nitrogens with two attached hydrogens (primary N) is 1. The summed E-state index contributed by atoms with van der Waals surface area (Å²) in [5, 5.41) is 4.12. The van der Waals surface area contributed by atoms with Crippen molar-refractivity contribution in [1.82, 2.24) is 15.0 Å². The molecule has 2 heterocycles. The minimum absolute atomic E-state index is 0.370. The number of fused-ring (bicyclic) bond motifs is 1. The van der Waals surface area contributed by atoms with E-state index in [0.29, 0.717) is 12.0 Å². The minimum Gasteiger partial charge on any atom is -0.338 e. The van der Waals surface area contributed by atoms with Crippen LogP contribution in [0.3, 0.4) is 0 Å². The van der Waals surface area contributed by atoms with Crippen LogP contribution in [-0.2, 0) is 13.0 Å². The molecule has 3 unspecified atom stereocenters. The fraction of sp³-hybridized carbons (Fsp3) is 0.556. The highest BCUT2D eigenvalue weighted by atomic mass is 16.5. The normalized spacial score (nSPS) is 28.0. The van der Waals surface area contributed by atoms with Crippen LogP contribution in [-0.4, -0.2) is 34.2 Å². The van der Waals surface area contributed by atoms with E-state index in [1.165, 1.54) is 24.8 Å². The molecule has 122 valence electrons. The fourth-order valence-corrected chi connectivity index (χ4v) is 4.13. The van der Waals surface area contributed by atoms with Gasteiger partial charge in [-0.05, 0) is 30.2 Å². The zero-order valence-corrected chi connectivity index (χ0v) is 13.4. The number of benzene rings is 1. The molecule has 1 aliphatic heterocycles. The molecule has 0 bridgehead atoms. The Kier molecular flexibility index (Phi) is 4.14. The van der Waals surface area contributed by atoms with Gasteiger partial charge in [-0.1, -0.05) is 41.9 Å². The van der Waals surface area contributed by atoms with Crippen LogP contribution in [0.25, 0.3) is 0 Å². The highest BCUT2D eigenvalue weighted by Gasteiger charge is 2.38. The second-order valence-electron chi connectivity index (χ2n) is 6.98. The lowest BCUT2D eigenvalue weighted by atomic mass is 9.78. The summed E-state index contributed by atoms with van der Waals surface area (Å²) in [7, 11) is 0. The quantitative estimate of drug-likeness (QED) is 0.937. The van der Waals surface area contributed by atoms with Gasteiger partial charge in [-0.15, -0.1) is 0 Å². The Morgan fingerprint density at radius 3 is 2.87 bits per heavy atom. The molecule has 0 spiro atoms. The van der Waals surface area contributed by atoms with E-state index < -0.39 is 0 Å². The maximum absolute atomic E-state index is 6.29. The van der Waals surface area contributed by atoms with E-state index >= 15 is 0 Å². The van der Waals surface area contributed by atoms with Gasteiger partial charge in [0, 0.05) is 25.6 Å². The van der Waals surface area contributed by atoms with Crippen LogP contribution in [0.1, 0.15) is 36.5 Å². The summed E-state index contributed by atoms with van der Waals surface area (Å²) in [5.74, 6) is 2.89. The Labute approximate surface area is 136 Å². The third kappa shape index (κ3) is 3.31. The molecule has 1 aliphatic carbocycles. The molecule has 23 heavy (non-hydrogen) atoms. The summed E-state index contributed by atoms with van der Waals surface area (Å²) >= 11 is 0. The van der Waals surface area contributed by atoms with Gasteiger partial charge in [0.05, 0.1) is 6.54 Å². The number of hydrogen-bond acceptors (Lipinski definition) is 5. The van der Waals surface area contributed by atoms with Gasteiger partial charge in [-0.25, -0.2) is 0 Å². The second kappa shape index (κ2) is 6.42. The van der Waals surface area contributed by atoms with Crippen LogP contribution in [0.15, 0.2) is 34.9 Å². The maximum atomic E-state index is 6.29. The Hall–Kier alpha value is -1.72. The SMILES string of the molecule is NC1CCCC2CN(Cc3nc(Cc4ccccc4)no3)CC12. The van der Waals surface area contributed by atoms with Gasteiger partial charge in [0.2, 0.25) is 5.89 Å². The average molecular weight is 312 g/mol. The first-order valence-electron chi connectivity index (χ1n) is 8.61. The zero-order chi connectivity index (χ0) is 15.6. The van der Waals surface area contributed by atoms with Gasteiger partial charge < -0.3 is 10.3 Å². The van der Waals surface area contributed by atoms with Crippen molar-refractivity contribution in [2.45, 2.75) is 38.3 Å². The Balaban J connectivity index is 1.37. The number of rotatable bonds is 4. The molecule has 5 heteroatoms. The average Bonchev–Trinajstić information content (AvgIpc) is 3.16. The van der Waals surface area contributed by atoms with Crippen LogP contribution in [0.5, 0.6) is 0 Å². The summed E-state index contributed by atoms with van der Waals surface area (Å²) in [6.07, 6.45) is 4.49. The first-order valence-corrected chi connectivity index (χ1v) is 8.61. The first-order chi connectivity index (χ1) is 11.3. The highest BCUT2D eigenvalue weighted by molar-refractivity contribution is 5.18. The molecule has 2 fully saturated rings. The Morgan fingerprint density at radius 2 is 2.04 bits per heavy atom. The Bertz CT molecular complexity index is 641. The third-order valence-corrected chi connectivity index (χ3v) is 5.30. The van der Waals surface area contributed by atoms with Crippen LogP contribution < -0.4 is 5.73 Å². The second-order valence-corrected chi connectivity index (χ2v) is 6.98. The standard InChI is InChI=1S/C18H24N4O/c19-16-8-4-7-14-10-22(11-15(14)16)12-18-20-17(21-23-18)9-13-5-2-1-3-6-13/h1-3,5-6,14-16H,4,7-12,19H2. The molecular formula is C18H24N4O. The molecule has 1 saturated carbocycles. The van der Waals surface area contributed by atoms with Crippen molar-refractivity contribution in [3.8, 4) is 0 Å². The summed E-state index contributed by atoms with van der Waals surface area (Å²) < 4.78 is 5.44. The molecular weight excluding hydrogens is 288 g/mol. The molecule has 2 aliphatic rings. The predicted molar refractivity (Wildman–Crippen MR) is 87.6 cm³/mol. The van der Waals surface area contributed by atoms with Crippen LogP contribution in [0.4, 0.5) is 0 Å². The first kappa shape index (κ1) is 14.8. The Morgan fingerprint density at radius 1 is 1.17 bits per heavy atom. The van der Waals surface area contributed by atoms with E-state index in [-0.39, 0.29) is 0 Å². The van der Waals surface area contributed by atoms with Gasteiger partial charge in [-0.2, -0.15) is 4.98 Å². The maximum Gasteiger partial charge on any atom is 0.240 e. The summed E-state index contributed by atoms with van der Waals surface area (Å²) in [5.41, 5.74) is 7.49. The highest BCUT2D eigenvalue weighted by Crippen LogP contribution is 2.35. The van der Waals surface area contributed by atoms with Crippen molar-refractivity contribution in [2.24, 2.45) is 17.6 Å². The van der Waals surface area contributed by atoms with Gasteiger partial charge in [0.25, 0.3) is 0 Å². The fourth-order valence-electron chi connectivity index (χ4n) is 4.13. The largest absolute Gasteiger partial charge is 0.338 e. The zero-order valence-electron chi connectivity index (χ0n) is 13.4. The minimum atomic E-state index is 0.370. The van der Waals surface area contributed by atoms with E-state index in [2.05, 4.69) is 27.2 Å². The third-order valence-electron chi connectivity index (χ3n) is 5.30. The smallest absolute Gasteiger partial charge is 0.240 e. The number of nitrogens with zero attached hydrogens (tertiary/aromatic N) is 3. The van der Waals surface area contributed by atoms with Crippen molar-refractivity contribution < 1.29 is 4.52 Å². The monoisotopic (exact) mass is 312 g/mol. The lowest BCUT2D eigenvalue weighted by Gasteiger charge is -2.29. The molecule has 0 radical (unpaired) electrons. The molecule has 2 N–H and O–H groups in total. The molecule has 3 atom stereocenters. The van der Waals surface area contributed by atoms with Crippen LogP contribution in [0, 0.1) is 11.8 Å². The molecule has 1 aromatic heterocycles. The molecule has 1 saturated heterocycles. The van der Waals surface area contributed by atoms with Crippen molar-refractivity contribution in [3.63, 3.8) is 0 Å². The molecule has 0 amide bonds. The van der Waals surface area contributed by atoms with Crippen molar-refractivity contribution in [2.75, 3.05) is 13.1 Å². The topological polar surface area (TPSA) is 68.2 Å².